The predicted octanol–water partition coefficient (Wildman–Crippen LogP) is 23.2. The first-order valence-electron chi connectivity index (χ1n) is 28.4. The van der Waals surface area contributed by atoms with Gasteiger partial charge in [0.15, 0.2) is 0 Å². The fourth-order valence-electron chi connectivity index (χ4n) is 9.94. The first-order valence-corrected chi connectivity index (χ1v) is 28.4. The fourth-order valence-corrected chi connectivity index (χ4v) is 9.94. The minimum atomic E-state index is -5.65. The SMILES string of the molecule is CCCCCCCC[N+](CCCCCCCC)(CCCCCCCC)C(CC)c1c(OB(Oc2cc(C(F)(F)F)cc(C(F)(F)F)c2)Oc2cc(C(F)(F)F)cc(C(F)(F)F)c2)cc(C(F)(F)F)cc1C(F)(F)F.FC(F)(F)c1c[c-]cc(C(F)(F)F)c1. The lowest BCUT2D eigenvalue weighted by Gasteiger charge is -2.47. The van der Waals surface area contributed by atoms with Gasteiger partial charge < -0.3 is 18.4 Å². The number of nitrogens with zero attached hydrogens (tertiary/aromatic N) is 1. The van der Waals surface area contributed by atoms with Crippen molar-refractivity contribution in [1.82, 2.24) is 0 Å². The second kappa shape index (κ2) is 32.6. The molecule has 0 bridgehead atoms. The summed E-state index contributed by atoms with van der Waals surface area (Å²) < 4.78 is 348. The molecule has 88 heavy (non-hydrogen) atoms. The Morgan fingerprint density at radius 2 is 0.625 bits per heavy atom. The van der Waals surface area contributed by atoms with Crippen LogP contribution in [-0.2, 0) is 49.4 Å². The highest BCUT2D eigenvalue weighted by molar-refractivity contribution is 6.39. The summed E-state index contributed by atoms with van der Waals surface area (Å²) in [6.07, 6.45) is -30.2. The van der Waals surface area contributed by atoms with E-state index >= 15 is 13.2 Å². The average molecular weight is 1310 g/mol. The van der Waals surface area contributed by atoms with Crippen LogP contribution in [0.1, 0.15) is 206 Å². The van der Waals surface area contributed by atoms with Gasteiger partial charge in [-0.2, -0.15) is 124 Å². The molecule has 0 aliphatic carbocycles. The Morgan fingerprint density at radius 3 is 0.909 bits per heavy atom. The summed E-state index contributed by atoms with van der Waals surface area (Å²) in [6.45, 7) is 8.03. The predicted molar refractivity (Wildman–Crippen MR) is 280 cm³/mol. The zero-order chi connectivity index (χ0) is 66.7. The van der Waals surface area contributed by atoms with Gasteiger partial charge in [0.25, 0.3) is 0 Å². The van der Waals surface area contributed by atoms with E-state index in [1.165, 1.54) is 6.92 Å². The maximum absolute atomic E-state index is 15.7. The molecule has 0 saturated carbocycles. The number of hydrogen-bond acceptors (Lipinski definition) is 3. The van der Waals surface area contributed by atoms with Crippen LogP contribution >= 0.6 is 0 Å². The maximum atomic E-state index is 15.7. The third kappa shape index (κ3) is 24.8. The van der Waals surface area contributed by atoms with Crippen molar-refractivity contribution in [1.29, 1.82) is 0 Å². The molecule has 0 aromatic heterocycles. The largest absolute Gasteiger partial charge is 0.864 e. The van der Waals surface area contributed by atoms with Gasteiger partial charge in [-0.15, -0.1) is 6.07 Å². The molecular weight excluding hydrogens is 1240 g/mol. The van der Waals surface area contributed by atoms with Crippen molar-refractivity contribution in [3.63, 3.8) is 0 Å². The van der Waals surface area contributed by atoms with E-state index in [0.717, 1.165) is 77.0 Å². The molecule has 4 nitrogen and oxygen atoms in total. The molecular formula is C59H68BF24NO3. The smallest absolute Gasteiger partial charge is 0.490 e. The Hall–Kier alpha value is -5.38. The highest BCUT2D eigenvalue weighted by Gasteiger charge is 2.49. The van der Waals surface area contributed by atoms with Crippen LogP contribution in [0.2, 0.25) is 0 Å². The Morgan fingerprint density at radius 1 is 0.341 bits per heavy atom. The molecule has 0 aliphatic rings. The quantitative estimate of drug-likeness (QED) is 0.0171. The number of rotatable bonds is 30. The van der Waals surface area contributed by atoms with Gasteiger partial charge in [-0.3, -0.25) is 0 Å². The number of alkyl halides is 24. The van der Waals surface area contributed by atoms with Crippen LogP contribution in [0.5, 0.6) is 17.2 Å². The molecule has 0 saturated heterocycles. The minimum Gasteiger partial charge on any atom is -0.490 e. The van der Waals surface area contributed by atoms with E-state index in [0.29, 0.717) is 50.7 Å². The first kappa shape index (κ1) is 76.9. The Kier molecular flexibility index (Phi) is 28.5. The lowest BCUT2D eigenvalue weighted by atomic mass is 9.89. The van der Waals surface area contributed by atoms with Crippen LogP contribution < -0.4 is 14.0 Å². The van der Waals surface area contributed by atoms with Crippen LogP contribution in [0.3, 0.4) is 0 Å². The van der Waals surface area contributed by atoms with Gasteiger partial charge in [0.1, 0.15) is 23.3 Å². The summed E-state index contributed by atoms with van der Waals surface area (Å²) in [6, 6.07) is -0.00254. The highest BCUT2D eigenvalue weighted by atomic mass is 19.4. The van der Waals surface area contributed by atoms with Crippen molar-refractivity contribution in [3.8, 4) is 17.2 Å². The molecule has 4 rings (SSSR count). The van der Waals surface area contributed by atoms with E-state index in [1.807, 2.05) is 20.8 Å². The van der Waals surface area contributed by atoms with Crippen molar-refractivity contribution >= 4 is 7.32 Å². The van der Waals surface area contributed by atoms with Gasteiger partial charge in [0.2, 0.25) is 0 Å². The van der Waals surface area contributed by atoms with Gasteiger partial charge in [-0.25, -0.2) is 0 Å². The van der Waals surface area contributed by atoms with Crippen molar-refractivity contribution in [2.75, 3.05) is 19.6 Å². The van der Waals surface area contributed by atoms with Crippen molar-refractivity contribution in [2.45, 2.75) is 205 Å². The Labute approximate surface area is 495 Å². The summed E-state index contributed by atoms with van der Waals surface area (Å²) in [7, 11) is -3.28. The fraction of sp³-hybridized carbons (Fsp3) is 0.593. The van der Waals surface area contributed by atoms with Crippen LogP contribution in [0.4, 0.5) is 105 Å². The molecule has 1 atom stereocenters. The zero-order valence-corrected chi connectivity index (χ0v) is 48.3. The Bertz CT molecular complexity index is 2510. The summed E-state index contributed by atoms with van der Waals surface area (Å²) in [5.41, 5.74) is -15.9. The third-order valence-corrected chi connectivity index (χ3v) is 14.3. The van der Waals surface area contributed by atoms with Crippen LogP contribution in [0.15, 0.2) is 66.7 Å². The second-order valence-electron chi connectivity index (χ2n) is 21.2. The van der Waals surface area contributed by atoms with E-state index in [2.05, 4.69) is 0 Å². The van der Waals surface area contributed by atoms with Crippen LogP contribution in [0, 0.1) is 6.07 Å². The van der Waals surface area contributed by atoms with E-state index < -0.39 is 130 Å². The highest BCUT2D eigenvalue weighted by Crippen LogP contribution is 2.50. The van der Waals surface area contributed by atoms with Crippen LogP contribution in [-0.4, -0.2) is 31.4 Å². The number of halogens is 24. The standard InChI is InChI=1S/C51H65BF18NO3.C8H3F6/c1-5-9-12-15-18-21-24-71(25-22-19-16-13-10-6-2,26-23-20-17-14-11-7-3)43(8-4)45-42(51(68,69)70)33-39(50(65,66)67)34-44(45)74-52(72-40-29-35(46(53,54)55)27-36(30-40)47(56,57)58)73-41-31-37(48(59,60)61)28-38(32-41)49(62,63)64;9-7(10,11)5-2-1-3-6(4-5)8(12,13)14/h27-34,43H,5-26H2,1-4H3;2-4H/q+1;-1. The first-order chi connectivity index (χ1) is 40.5. The van der Waals surface area contributed by atoms with Gasteiger partial charge in [-0.1, -0.05) is 116 Å². The molecule has 0 radical (unpaired) electrons. The topological polar surface area (TPSA) is 27.7 Å². The summed E-state index contributed by atoms with van der Waals surface area (Å²) in [4.78, 5) is 0. The average Bonchev–Trinajstić information content (AvgIpc) is 0.919. The molecule has 0 N–H and O–H groups in total. The normalized spacial score (nSPS) is 13.5. The summed E-state index contributed by atoms with van der Waals surface area (Å²) in [5.74, 6) is -4.53. The number of unbranched alkanes of at least 4 members (excludes halogenated alkanes) is 15. The van der Waals surface area contributed by atoms with Gasteiger partial charge >= 0.3 is 56.7 Å². The minimum absolute atomic E-state index is 0.0521. The molecule has 29 heteroatoms. The van der Waals surface area contributed by atoms with Crippen LogP contribution in [0.25, 0.3) is 0 Å². The number of quaternary nitrogens is 1. The van der Waals surface area contributed by atoms with Crippen molar-refractivity contribution < 1.29 is 124 Å². The van der Waals surface area contributed by atoms with Gasteiger partial charge in [0.05, 0.1) is 58.6 Å². The van der Waals surface area contributed by atoms with Gasteiger partial charge in [0, 0.05) is 6.42 Å². The molecule has 4 aromatic rings. The molecule has 1 unspecified atom stereocenters. The maximum Gasteiger partial charge on any atom is 0.864 e. The Balaban J connectivity index is 0.00000126. The third-order valence-electron chi connectivity index (χ3n) is 14.3. The van der Waals surface area contributed by atoms with E-state index in [9.17, 15) is 92.2 Å². The van der Waals surface area contributed by atoms with Crippen molar-refractivity contribution in [2.24, 2.45) is 0 Å². The summed E-state index contributed by atoms with van der Waals surface area (Å²) >= 11 is 0. The number of benzene rings is 4. The monoisotopic (exact) mass is 1310 g/mol. The number of hydrogen-bond donors (Lipinski definition) is 0. The van der Waals surface area contributed by atoms with E-state index in [1.54, 1.807) is 6.07 Å². The summed E-state index contributed by atoms with van der Waals surface area (Å²) in [5, 5.41) is 0. The molecule has 4 aromatic carbocycles. The molecule has 0 spiro atoms. The van der Waals surface area contributed by atoms with Crippen molar-refractivity contribution in [3.05, 3.63) is 123 Å². The molecule has 0 aliphatic heterocycles. The molecule has 498 valence electrons. The zero-order valence-electron chi connectivity index (χ0n) is 48.3. The molecule has 0 fully saturated rings. The lowest BCUT2D eigenvalue weighted by molar-refractivity contribution is -0.958. The molecule has 0 heterocycles. The van der Waals surface area contributed by atoms with E-state index in [4.69, 9.17) is 14.0 Å². The second-order valence-corrected chi connectivity index (χ2v) is 21.2. The van der Waals surface area contributed by atoms with E-state index in [-0.39, 0.29) is 85.1 Å². The van der Waals surface area contributed by atoms with Gasteiger partial charge in [-0.05, 0) is 87.1 Å². The lowest BCUT2D eigenvalue weighted by Crippen LogP contribution is -2.53. The molecule has 0 amide bonds.